The molecule has 0 bridgehead atoms. The highest BCUT2D eigenvalue weighted by molar-refractivity contribution is 9.10. The largest absolute Gasteiger partial charge is 0.293 e. The molecule has 130 valence electrons. The van der Waals surface area contributed by atoms with Gasteiger partial charge in [0.25, 0.3) is 5.56 Å². The molecule has 4 rings (SSSR count). The van der Waals surface area contributed by atoms with E-state index in [9.17, 15) is 4.79 Å². The molecule has 4 nitrogen and oxygen atoms in total. The summed E-state index contributed by atoms with van der Waals surface area (Å²) in [6, 6.07) is 19.5. The van der Waals surface area contributed by atoms with E-state index in [1.165, 1.54) is 0 Å². The van der Waals surface area contributed by atoms with E-state index >= 15 is 0 Å². The van der Waals surface area contributed by atoms with E-state index in [2.05, 4.69) is 34.9 Å². The average Bonchev–Trinajstić information content (AvgIpc) is 3.03. The van der Waals surface area contributed by atoms with Crippen LogP contribution in [0.15, 0.2) is 69.9 Å². The van der Waals surface area contributed by atoms with Crippen molar-refractivity contribution in [3.05, 3.63) is 81.2 Å². The number of rotatable bonds is 3. The number of halogens is 1. The third-order valence-electron chi connectivity index (χ3n) is 4.42. The van der Waals surface area contributed by atoms with Crippen molar-refractivity contribution >= 4 is 21.6 Å². The van der Waals surface area contributed by atoms with Crippen LogP contribution in [0, 0.1) is 0 Å². The molecule has 0 aliphatic carbocycles. The van der Waals surface area contributed by atoms with Gasteiger partial charge in [-0.25, -0.2) is 9.50 Å². The lowest BCUT2D eigenvalue weighted by Gasteiger charge is -2.06. The van der Waals surface area contributed by atoms with Gasteiger partial charge in [-0.1, -0.05) is 72.2 Å². The van der Waals surface area contributed by atoms with E-state index in [1.807, 2.05) is 54.6 Å². The van der Waals surface area contributed by atoms with E-state index in [4.69, 9.17) is 4.98 Å². The molecule has 5 heteroatoms. The average molecular weight is 408 g/mol. The van der Waals surface area contributed by atoms with Crippen molar-refractivity contribution in [2.75, 3.05) is 0 Å². The van der Waals surface area contributed by atoms with E-state index < -0.39 is 0 Å². The van der Waals surface area contributed by atoms with Crippen molar-refractivity contribution < 1.29 is 0 Å². The second-order valence-electron chi connectivity index (χ2n) is 6.57. The maximum Gasteiger partial charge on any atom is 0.273 e. The first-order chi connectivity index (χ1) is 12.5. The molecule has 1 N–H and O–H groups in total. The van der Waals surface area contributed by atoms with Crippen LogP contribution in [-0.4, -0.2) is 14.6 Å². The molecule has 0 amide bonds. The Morgan fingerprint density at radius 3 is 2.35 bits per heavy atom. The van der Waals surface area contributed by atoms with Gasteiger partial charge >= 0.3 is 0 Å². The Morgan fingerprint density at radius 2 is 1.69 bits per heavy atom. The van der Waals surface area contributed by atoms with Gasteiger partial charge in [-0.2, -0.15) is 0 Å². The topological polar surface area (TPSA) is 50.2 Å². The van der Waals surface area contributed by atoms with Crippen LogP contribution in [0.2, 0.25) is 0 Å². The number of hydrogen-bond acceptors (Lipinski definition) is 2. The zero-order valence-corrected chi connectivity index (χ0v) is 16.1. The van der Waals surface area contributed by atoms with Crippen LogP contribution in [0.3, 0.4) is 0 Å². The summed E-state index contributed by atoms with van der Waals surface area (Å²) in [5, 5.41) is 3.25. The molecular weight excluding hydrogens is 390 g/mol. The first kappa shape index (κ1) is 16.8. The summed E-state index contributed by atoms with van der Waals surface area (Å²) in [4.78, 5) is 17.6. The number of nitrogens with zero attached hydrogens (tertiary/aromatic N) is 2. The summed E-state index contributed by atoms with van der Waals surface area (Å²) in [7, 11) is 0. The Kier molecular flexibility index (Phi) is 4.24. The Morgan fingerprint density at radius 1 is 1.00 bits per heavy atom. The number of benzene rings is 2. The molecule has 2 aromatic carbocycles. The molecule has 0 saturated carbocycles. The van der Waals surface area contributed by atoms with Gasteiger partial charge in [0.2, 0.25) is 0 Å². The maximum atomic E-state index is 12.7. The minimum absolute atomic E-state index is 0.114. The molecular formula is C21H18BrN3O. The smallest absolute Gasteiger partial charge is 0.273 e. The summed E-state index contributed by atoms with van der Waals surface area (Å²) >= 11 is 3.44. The Hall–Kier alpha value is -2.66. The van der Waals surface area contributed by atoms with Gasteiger partial charge < -0.3 is 0 Å². The zero-order chi connectivity index (χ0) is 18.3. The summed E-state index contributed by atoms with van der Waals surface area (Å²) in [6.45, 7) is 4.22. The molecule has 0 atom stereocenters. The van der Waals surface area contributed by atoms with Crippen LogP contribution in [0.4, 0.5) is 0 Å². The Balaban J connectivity index is 2.03. The molecule has 0 aliphatic heterocycles. The SMILES string of the molecule is CC(C)c1[nH]n2c(=O)cc(-c3ccc(Br)cc3)nc2c1-c1ccccc1. The molecule has 0 saturated heterocycles. The lowest BCUT2D eigenvalue weighted by molar-refractivity contribution is 0.777. The van der Waals surface area contributed by atoms with E-state index in [0.717, 1.165) is 26.9 Å². The van der Waals surface area contributed by atoms with Crippen molar-refractivity contribution in [1.82, 2.24) is 14.6 Å². The van der Waals surface area contributed by atoms with Crippen molar-refractivity contribution in [3.63, 3.8) is 0 Å². The number of hydrogen-bond donors (Lipinski definition) is 1. The lowest BCUT2D eigenvalue weighted by atomic mass is 9.99. The van der Waals surface area contributed by atoms with Crippen LogP contribution in [-0.2, 0) is 0 Å². The number of nitrogens with one attached hydrogen (secondary N) is 1. The molecule has 0 radical (unpaired) electrons. The molecule has 4 aromatic rings. The van der Waals surface area contributed by atoms with Crippen LogP contribution < -0.4 is 5.56 Å². The number of H-pyrrole nitrogens is 1. The fraction of sp³-hybridized carbons (Fsp3) is 0.143. The Bertz CT molecular complexity index is 1130. The molecule has 0 fully saturated rings. The summed E-state index contributed by atoms with van der Waals surface area (Å²) < 4.78 is 2.53. The standard InChI is InChI=1S/C21H18BrN3O/c1-13(2)20-19(15-6-4-3-5-7-15)21-23-17(12-18(26)25(21)24-20)14-8-10-16(22)11-9-14/h3-13,24H,1-2H3. The highest BCUT2D eigenvalue weighted by Gasteiger charge is 2.19. The minimum atomic E-state index is -0.114. The maximum absolute atomic E-state index is 12.7. The van der Waals surface area contributed by atoms with Crippen LogP contribution in [0.25, 0.3) is 28.0 Å². The summed E-state index contributed by atoms with van der Waals surface area (Å²) in [6.07, 6.45) is 0. The number of aromatic amines is 1. The van der Waals surface area contributed by atoms with Crippen molar-refractivity contribution in [2.45, 2.75) is 19.8 Å². The summed E-state index contributed by atoms with van der Waals surface area (Å²) in [5.41, 5.74) is 5.18. The van der Waals surface area contributed by atoms with Crippen molar-refractivity contribution in [1.29, 1.82) is 0 Å². The van der Waals surface area contributed by atoms with E-state index in [0.29, 0.717) is 11.3 Å². The molecule has 0 spiro atoms. The van der Waals surface area contributed by atoms with Gasteiger partial charge in [0.05, 0.1) is 5.69 Å². The van der Waals surface area contributed by atoms with Gasteiger partial charge in [-0.15, -0.1) is 0 Å². The molecule has 2 aromatic heterocycles. The predicted molar refractivity (Wildman–Crippen MR) is 108 cm³/mol. The predicted octanol–water partition coefficient (Wildman–Crippen LogP) is 5.24. The zero-order valence-electron chi connectivity index (χ0n) is 14.5. The van der Waals surface area contributed by atoms with Gasteiger partial charge in [0.1, 0.15) is 0 Å². The van der Waals surface area contributed by atoms with E-state index in [-0.39, 0.29) is 11.5 Å². The first-order valence-corrected chi connectivity index (χ1v) is 9.31. The van der Waals surface area contributed by atoms with Gasteiger partial charge in [-0.3, -0.25) is 9.89 Å². The fourth-order valence-electron chi connectivity index (χ4n) is 3.13. The highest BCUT2D eigenvalue weighted by Crippen LogP contribution is 2.32. The second kappa shape index (κ2) is 6.57. The van der Waals surface area contributed by atoms with E-state index in [1.54, 1.807) is 10.6 Å². The van der Waals surface area contributed by atoms with Crippen LogP contribution in [0.1, 0.15) is 25.5 Å². The minimum Gasteiger partial charge on any atom is -0.293 e. The second-order valence-corrected chi connectivity index (χ2v) is 7.48. The van der Waals surface area contributed by atoms with Gasteiger partial charge in [-0.05, 0) is 23.6 Å². The van der Waals surface area contributed by atoms with Crippen molar-refractivity contribution in [3.8, 4) is 22.4 Å². The molecule has 0 unspecified atom stereocenters. The molecule has 0 aliphatic rings. The van der Waals surface area contributed by atoms with Gasteiger partial charge in [0, 0.05) is 27.4 Å². The van der Waals surface area contributed by atoms with Gasteiger partial charge in [0.15, 0.2) is 5.65 Å². The fourth-order valence-corrected chi connectivity index (χ4v) is 3.39. The van der Waals surface area contributed by atoms with Crippen LogP contribution >= 0.6 is 15.9 Å². The molecule has 2 heterocycles. The number of fused-ring (bicyclic) bond motifs is 1. The lowest BCUT2D eigenvalue weighted by Crippen LogP contribution is -2.14. The monoisotopic (exact) mass is 407 g/mol. The van der Waals surface area contributed by atoms with Crippen molar-refractivity contribution in [2.24, 2.45) is 0 Å². The molecule has 26 heavy (non-hydrogen) atoms. The first-order valence-electron chi connectivity index (χ1n) is 8.51. The Labute approximate surface area is 159 Å². The normalized spacial score (nSPS) is 11.4. The number of aromatic nitrogens is 3. The quantitative estimate of drug-likeness (QED) is 0.504. The highest BCUT2D eigenvalue weighted by atomic mass is 79.9. The third-order valence-corrected chi connectivity index (χ3v) is 4.95. The van der Waals surface area contributed by atoms with Crippen LogP contribution in [0.5, 0.6) is 0 Å². The third kappa shape index (κ3) is 2.88. The summed E-state index contributed by atoms with van der Waals surface area (Å²) in [5.74, 6) is 0.238.